The van der Waals surface area contributed by atoms with Gasteiger partial charge in [0, 0.05) is 10.9 Å². The van der Waals surface area contributed by atoms with E-state index in [2.05, 4.69) is 52.0 Å². The first-order valence-corrected chi connectivity index (χ1v) is 7.86. The zero-order valence-electron chi connectivity index (χ0n) is 10.6. The average molecular weight is 411 g/mol. The molecule has 1 aromatic carbocycles. The lowest BCUT2D eigenvalue weighted by Crippen LogP contribution is -1.97. The lowest BCUT2D eigenvalue weighted by atomic mass is 10.1. The lowest BCUT2D eigenvalue weighted by Gasteiger charge is -1.99. The van der Waals surface area contributed by atoms with Crippen LogP contribution in [0.5, 0.6) is 0 Å². The molecule has 0 radical (unpaired) electrons. The highest BCUT2D eigenvalue weighted by Crippen LogP contribution is 2.26. The highest BCUT2D eigenvalue weighted by atomic mass is 79.9. The first-order valence-electron chi connectivity index (χ1n) is 5.94. The molecule has 0 saturated carbocycles. The van der Waals surface area contributed by atoms with Crippen molar-refractivity contribution in [2.24, 2.45) is 0 Å². The summed E-state index contributed by atoms with van der Waals surface area (Å²) < 4.78 is 6.20. The van der Waals surface area contributed by atoms with Crippen LogP contribution in [0.1, 0.15) is 5.56 Å². The lowest BCUT2D eigenvalue weighted by molar-refractivity contribution is 0.582. The first-order chi connectivity index (χ1) is 10.2. The summed E-state index contributed by atoms with van der Waals surface area (Å²) in [6.07, 6.45) is 1.51. The second-order valence-corrected chi connectivity index (χ2v) is 5.55. The second kappa shape index (κ2) is 5.90. The number of alkyl halides is 1. The van der Waals surface area contributed by atoms with Gasteiger partial charge in [-0.3, -0.25) is 0 Å². The number of nitrogen functional groups attached to an aromatic ring is 1. The predicted molar refractivity (Wildman–Crippen MR) is 85.5 cm³/mol. The Balaban J connectivity index is 2.01. The van der Waals surface area contributed by atoms with Crippen molar-refractivity contribution in [3.8, 4) is 23.0 Å². The number of halogens is 2. The van der Waals surface area contributed by atoms with Gasteiger partial charge in [-0.05, 0) is 33.6 Å². The molecule has 0 aliphatic carbocycles. The normalized spacial score (nSPS) is 10.8. The van der Waals surface area contributed by atoms with Gasteiger partial charge >= 0.3 is 0 Å². The van der Waals surface area contributed by atoms with E-state index in [4.69, 9.17) is 10.2 Å². The molecule has 21 heavy (non-hydrogen) atoms. The molecule has 8 heteroatoms. The van der Waals surface area contributed by atoms with Crippen molar-refractivity contribution in [3.63, 3.8) is 0 Å². The summed E-state index contributed by atoms with van der Waals surface area (Å²) in [6, 6.07) is 7.82. The minimum Gasteiger partial charge on any atom is -0.414 e. The summed E-state index contributed by atoms with van der Waals surface area (Å²) >= 11 is 6.66. The number of nitrogens with two attached hydrogens (primary N) is 1. The number of rotatable bonds is 3. The second-order valence-electron chi connectivity index (χ2n) is 4.17. The fourth-order valence-corrected chi connectivity index (χ4v) is 2.39. The molecule has 0 bridgehead atoms. The van der Waals surface area contributed by atoms with E-state index in [1.165, 1.54) is 6.20 Å². The van der Waals surface area contributed by atoms with Crippen LogP contribution in [0, 0.1) is 0 Å². The van der Waals surface area contributed by atoms with Crippen molar-refractivity contribution >= 4 is 37.7 Å². The molecular weight excluding hydrogens is 402 g/mol. The molecule has 0 saturated heterocycles. The van der Waals surface area contributed by atoms with Crippen LogP contribution in [-0.4, -0.2) is 20.2 Å². The quantitative estimate of drug-likeness (QED) is 0.665. The Hall–Kier alpha value is -1.80. The zero-order valence-corrected chi connectivity index (χ0v) is 13.8. The van der Waals surface area contributed by atoms with Crippen LogP contribution in [0.3, 0.4) is 0 Å². The van der Waals surface area contributed by atoms with Gasteiger partial charge in [-0.15, -0.1) is 10.2 Å². The maximum absolute atomic E-state index is 5.79. The van der Waals surface area contributed by atoms with Crippen LogP contribution in [0.15, 0.2) is 39.5 Å². The Morgan fingerprint density at radius 3 is 2.81 bits per heavy atom. The topological polar surface area (TPSA) is 90.7 Å². The highest BCUT2D eigenvalue weighted by molar-refractivity contribution is 9.10. The molecule has 2 N–H and O–H groups in total. The van der Waals surface area contributed by atoms with Crippen LogP contribution in [0.25, 0.3) is 23.0 Å². The van der Waals surface area contributed by atoms with Gasteiger partial charge in [0.2, 0.25) is 5.89 Å². The zero-order chi connectivity index (χ0) is 14.8. The molecule has 3 aromatic rings. The average Bonchev–Trinajstić information content (AvgIpc) is 2.99. The van der Waals surface area contributed by atoms with E-state index in [1.807, 2.05) is 24.3 Å². The molecule has 0 fully saturated rings. The molecule has 0 atom stereocenters. The minimum atomic E-state index is 0.237. The molecule has 3 rings (SSSR count). The Morgan fingerprint density at radius 1 is 1.19 bits per heavy atom. The molecular formula is C13H9Br2N5O. The number of aromatic nitrogens is 4. The predicted octanol–water partition coefficient (Wildman–Crippen LogP) is 3.43. The molecule has 0 amide bonds. The third-order valence-corrected chi connectivity index (χ3v) is 3.76. The van der Waals surface area contributed by atoms with Crippen molar-refractivity contribution in [1.82, 2.24) is 20.2 Å². The van der Waals surface area contributed by atoms with Gasteiger partial charge in [-0.1, -0.05) is 28.1 Å². The Kier molecular flexibility index (Phi) is 3.98. The van der Waals surface area contributed by atoms with E-state index in [1.54, 1.807) is 0 Å². The third kappa shape index (κ3) is 2.96. The summed E-state index contributed by atoms with van der Waals surface area (Å²) in [5.41, 5.74) is 8.11. The number of hydrogen-bond donors (Lipinski definition) is 1. The van der Waals surface area contributed by atoms with Crippen molar-refractivity contribution in [1.29, 1.82) is 0 Å². The molecule has 106 valence electrons. The maximum atomic E-state index is 5.79. The number of nitrogens with zero attached hydrogens (tertiary/aromatic N) is 4. The van der Waals surface area contributed by atoms with Crippen LogP contribution in [-0.2, 0) is 5.33 Å². The molecule has 2 aromatic heterocycles. The fraction of sp³-hybridized carbons (Fsp3) is 0.0769. The van der Waals surface area contributed by atoms with Crippen LogP contribution < -0.4 is 5.73 Å². The van der Waals surface area contributed by atoms with Gasteiger partial charge in [-0.25, -0.2) is 9.97 Å². The monoisotopic (exact) mass is 409 g/mol. The standard InChI is InChI=1S/C13H9Br2N5O/c14-5-7-2-1-3-8(4-7)12-19-20-13(21-12)10-11(16)17-6-9(15)18-10/h1-4,6H,5H2,(H2,16,17). The van der Waals surface area contributed by atoms with Gasteiger partial charge in [0.05, 0.1) is 6.20 Å². The molecule has 0 aliphatic rings. The van der Waals surface area contributed by atoms with Gasteiger partial charge in [0.1, 0.15) is 4.60 Å². The van der Waals surface area contributed by atoms with Gasteiger partial charge in [0.25, 0.3) is 5.89 Å². The summed E-state index contributed by atoms with van der Waals surface area (Å²) in [5.74, 6) is 0.886. The van der Waals surface area contributed by atoms with Crippen molar-refractivity contribution in [3.05, 3.63) is 40.6 Å². The summed E-state index contributed by atoms with van der Waals surface area (Å²) in [7, 11) is 0. The van der Waals surface area contributed by atoms with Gasteiger partial charge in [-0.2, -0.15) is 0 Å². The van der Waals surface area contributed by atoms with Crippen LogP contribution >= 0.6 is 31.9 Å². The summed E-state index contributed by atoms with van der Waals surface area (Å²) in [4.78, 5) is 8.21. The molecule has 0 unspecified atom stereocenters. The summed E-state index contributed by atoms with van der Waals surface area (Å²) in [5, 5.41) is 8.78. The third-order valence-electron chi connectivity index (χ3n) is 2.73. The van der Waals surface area contributed by atoms with Crippen molar-refractivity contribution < 1.29 is 4.42 Å². The van der Waals surface area contributed by atoms with E-state index in [-0.39, 0.29) is 11.7 Å². The Bertz CT molecular complexity index is 790. The minimum absolute atomic E-state index is 0.237. The molecule has 2 heterocycles. The maximum Gasteiger partial charge on any atom is 0.270 e. The SMILES string of the molecule is Nc1ncc(Br)nc1-c1nnc(-c2cccc(CBr)c2)o1. The number of benzene rings is 1. The molecule has 6 nitrogen and oxygen atoms in total. The van der Waals surface area contributed by atoms with Crippen LogP contribution in [0.2, 0.25) is 0 Å². The van der Waals surface area contributed by atoms with E-state index >= 15 is 0 Å². The number of anilines is 1. The smallest absolute Gasteiger partial charge is 0.270 e. The van der Waals surface area contributed by atoms with E-state index in [9.17, 15) is 0 Å². The summed E-state index contributed by atoms with van der Waals surface area (Å²) in [6.45, 7) is 0. The number of hydrogen-bond acceptors (Lipinski definition) is 6. The van der Waals surface area contributed by atoms with E-state index in [0.717, 1.165) is 16.5 Å². The van der Waals surface area contributed by atoms with Crippen molar-refractivity contribution in [2.75, 3.05) is 5.73 Å². The molecule has 0 aliphatic heterocycles. The Morgan fingerprint density at radius 2 is 2.00 bits per heavy atom. The van der Waals surface area contributed by atoms with Crippen LogP contribution in [0.4, 0.5) is 5.82 Å². The first kappa shape index (κ1) is 14.2. The van der Waals surface area contributed by atoms with Gasteiger partial charge in [0.15, 0.2) is 11.5 Å². The van der Waals surface area contributed by atoms with Gasteiger partial charge < -0.3 is 10.2 Å². The van der Waals surface area contributed by atoms with E-state index < -0.39 is 0 Å². The Labute approximate surface area is 137 Å². The van der Waals surface area contributed by atoms with E-state index in [0.29, 0.717) is 16.2 Å². The van der Waals surface area contributed by atoms with Crippen molar-refractivity contribution in [2.45, 2.75) is 5.33 Å². The molecule has 0 spiro atoms. The highest BCUT2D eigenvalue weighted by Gasteiger charge is 2.15. The largest absolute Gasteiger partial charge is 0.414 e. The fourth-order valence-electron chi connectivity index (χ4n) is 1.76.